The van der Waals surface area contributed by atoms with E-state index in [-0.39, 0.29) is 6.23 Å². The van der Waals surface area contributed by atoms with Crippen molar-refractivity contribution in [2.45, 2.75) is 6.23 Å². The van der Waals surface area contributed by atoms with Crippen LogP contribution in [0.15, 0.2) is 176 Å². The second-order valence-corrected chi connectivity index (χ2v) is 12.9. The van der Waals surface area contributed by atoms with Gasteiger partial charge in [-0.15, -0.1) is 0 Å². The van der Waals surface area contributed by atoms with Gasteiger partial charge in [-0.1, -0.05) is 146 Å². The zero-order chi connectivity index (χ0) is 34.4. The van der Waals surface area contributed by atoms with Crippen LogP contribution in [-0.2, 0) is 0 Å². The average Bonchev–Trinajstić information content (AvgIpc) is 3.82. The number of para-hydroxylation sites is 1. The number of anilines is 1. The molecule has 0 amide bonds. The SMILES string of the molecule is c1ccc(-c2ccc(-c3nc(-c4ccccc4)nc(-c4cccc(-n5c6ccccc6c6c7c(ccc65)NC(c5ccccc5)O7)c4)n3)cc2)cc1. The van der Waals surface area contributed by atoms with E-state index < -0.39 is 0 Å². The van der Waals surface area contributed by atoms with Gasteiger partial charge >= 0.3 is 0 Å². The van der Waals surface area contributed by atoms with Crippen LogP contribution < -0.4 is 10.1 Å². The van der Waals surface area contributed by atoms with E-state index in [1.165, 1.54) is 5.56 Å². The fraction of sp³-hybridized carbons (Fsp3) is 0.0217. The molecule has 7 aromatic carbocycles. The Morgan fingerprint density at radius 2 is 1.02 bits per heavy atom. The van der Waals surface area contributed by atoms with E-state index >= 15 is 0 Å². The number of fused-ring (bicyclic) bond motifs is 5. The molecule has 0 saturated heterocycles. The number of benzene rings is 7. The summed E-state index contributed by atoms with van der Waals surface area (Å²) in [5, 5.41) is 5.79. The van der Waals surface area contributed by atoms with Crippen molar-refractivity contribution in [3.05, 3.63) is 181 Å². The number of hydrogen-bond donors (Lipinski definition) is 1. The Labute approximate surface area is 300 Å². The van der Waals surface area contributed by atoms with Gasteiger partial charge in [-0.05, 0) is 41.5 Å². The standard InChI is InChI=1S/C46H31N5O/c1-4-13-30(14-5-1)31-23-25-33(26-24-31)44-48-43(32-15-6-2-7-16-32)49-45(50-44)35-19-12-20-36(29-35)51-39-22-11-10-21-37(39)41-40(51)28-27-38-42(41)52-46(47-38)34-17-8-3-9-18-34/h1-29,46-47H. The fourth-order valence-electron chi connectivity index (χ4n) is 7.19. The summed E-state index contributed by atoms with van der Waals surface area (Å²) >= 11 is 0. The molecule has 9 aromatic rings. The lowest BCUT2D eigenvalue weighted by Crippen LogP contribution is -2.09. The van der Waals surface area contributed by atoms with E-state index in [2.05, 4.69) is 131 Å². The van der Waals surface area contributed by atoms with Crippen molar-refractivity contribution < 1.29 is 4.74 Å². The van der Waals surface area contributed by atoms with Gasteiger partial charge in [0.25, 0.3) is 0 Å². The van der Waals surface area contributed by atoms with Gasteiger partial charge in [-0.2, -0.15) is 0 Å². The molecule has 1 unspecified atom stereocenters. The number of nitrogens with one attached hydrogen (secondary N) is 1. The molecule has 6 heteroatoms. The second-order valence-electron chi connectivity index (χ2n) is 12.9. The normalized spacial score (nSPS) is 13.5. The van der Waals surface area contributed by atoms with E-state index in [1.807, 2.05) is 54.6 Å². The van der Waals surface area contributed by atoms with Gasteiger partial charge in [-0.25, -0.2) is 15.0 Å². The zero-order valence-electron chi connectivity index (χ0n) is 28.0. The maximum absolute atomic E-state index is 6.65. The van der Waals surface area contributed by atoms with Crippen molar-refractivity contribution in [1.29, 1.82) is 0 Å². The molecule has 0 saturated carbocycles. The van der Waals surface area contributed by atoms with Gasteiger partial charge in [0.15, 0.2) is 29.5 Å². The largest absolute Gasteiger partial charge is 0.464 e. The molecule has 1 N–H and O–H groups in total. The Balaban J connectivity index is 1.09. The van der Waals surface area contributed by atoms with Crippen LogP contribution in [0.1, 0.15) is 11.8 Å². The van der Waals surface area contributed by atoms with Crippen molar-refractivity contribution >= 4 is 27.5 Å². The molecule has 6 nitrogen and oxygen atoms in total. The van der Waals surface area contributed by atoms with Crippen molar-refractivity contribution in [3.8, 4) is 56.7 Å². The van der Waals surface area contributed by atoms with E-state index in [0.717, 1.165) is 66.7 Å². The lowest BCUT2D eigenvalue weighted by Gasteiger charge is -2.12. The van der Waals surface area contributed by atoms with Gasteiger partial charge in [0.1, 0.15) is 0 Å². The summed E-state index contributed by atoms with van der Waals surface area (Å²) in [5.41, 5.74) is 10.3. The molecule has 0 spiro atoms. The van der Waals surface area contributed by atoms with Crippen LogP contribution in [0.4, 0.5) is 5.69 Å². The summed E-state index contributed by atoms with van der Waals surface area (Å²) in [5.74, 6) is 2.73. The molecule has 2 aromatic heterocycles. The van der Waals surface area contributed by atoms with Gasteiger partial charge in [0, 0.05) is 33.3 Å². The smallest absolute Gasteiger partial charge is 0.196 e. The first-order valence-corrected chi connectivity index (χ1v) is 17.4. The average molecular weight is 670 g/mol. The number of nitrogens with zero attached hydrogens (tertiary/aromatic N) is 4. The predicted octanol–water partition coefficient (Wildman–Crippen LogP) is 11.1. The minimum absolute atomic E-state index is 0.251. The third kappa shape index (κ3) is 5.17. The summed E-state index contributed by atoms with van der Waals surface area (Å²) in [6, 6.07) is 60.4. The molecule has 1 atom stereocenters. The van der Waals surface area contributed by atoms with E-state index in [4.69, 9.17) is 19.7 Å². The monoisotopic (exact) mass is 669 g/mol. The molecule has 52 heavy (non-hydrogen) atoms. The Morgan fingerprint density at radius 3 is 1.75 bits per heavy atom. The summed E-state index contributed by atoms with van der Waals surface area (Å²) in [6.07, 6.45) is -0.251. The molecule has 0 fully saturated rings. The predicted molar refractivity (Wildman–Crippen MR) is 209 cm³/mol. The third-order valence-electron chi connectivity index (χ3n) is 9.70. The molecular weight excluding hydrogens is 639 g/mol. The minimum atomic E-state index is -0.251. The molecule has 10 rings (SSSR count). The fourth-order valence-corrected chi connectivity index (χ4v) is 7.19. The first kappa shape index (κ1) is 29.8. The van der Waals surface area contributed by atoms with Gasteiger partial charge < -0.3 is 14.6 Å². The Morgan fingerprint density at radius 1 is 0.462 bits per heavy atom. The zero-order valence-corrected chi connectivity index (χ0v) is 28.0. The van der Waals surface area contributed by atoms with Crippen LogP contribution in [0.3, 0.4) is 0 Å². The molecule has 246 valence electrons. The molecule has 3 heterocycles. The summed E-state index contributed by atoms with van der Waals surface area (Å²) < 4.78 is 8.95. The maximum Gasteiger partial charge on any atom is 0.196 e. The van der Waals surface area contributed by atoms with Gasteiger partial charge in [-0.3, -0.25) is 0 Å². The van der Waals surface area contributed by atoms with Crippen LogP contribution in [0, 0.1) is 0 Å². The molecule has 1 aliphatic rings. The third-order valence-corrected chi connectivity index (χ3v) is 9.70. The van der Waals surface area contributed by atoms with Crippen LogP contribution in [0.5, 0.6) is 5.75 Å². The lowest BCUT2D eigenvalue weighted by atomic mass is 10.0. The molecule has 1 aliphatic heterocycles. The topological polar surface area (TPSA) is 64.9 Å². The van der Waals surface area contributed by atoms with Crippen LogP contribution in [0.25, 0.3) is 72.8 Å². The van der Waals surface area contributed by atoms with Crippen LogP contribution in [0.2, 0.25) is 0 Å². The van der Waals surface area contributed by atoms with E-state index in [0.29, 0.717) is 17.5 Å². The highest BCUT2D eigenvalue weighted by Crippen LogP contribution is 2.47. The van der Waals surface area contributed by atoms with Gasteiger partial charge in [0.2, 0.25) is 0 Å². The highest BCUT2D eigenvalue weighted by molar-refractivity contribution is 6.14. The Bertz CT molecular complexity index is 2730. The van der Waals surface area contributed by atoms with Crippen molar-refractivity contribution in [2.75, 3.05) is 5.32 Å². The first-order chi connectivity index (χ1) is 25.8. The summed E-state index contributed by atoms with van der Waals surface area (Å²) in [6.45, 7) is 0. The van der Waals surface area contributed by atoms with Crippen LogP contribution in [-0.4, -0.2) is 19.5 Å². The molecule has 0 radical (unpaired) electrons. The Kier molecular flexibility index (Phi) is 7.10. The number of aromatic nitrogens is 4. The molecule has 0 aliphatic carbocycles. The minimum Gasteiger partial charge on any atom is -0.464 e. The first-order valence-electron chi connectivity index (χ1n) is 17.4. The van der Waals surface area contributed by atoms with Crippen molar-refractivity contribution in [1.82, 2.24) is 19.5 Å². The van der Waals surface area contributed by atoms with Crippen molar-refractivity contribution in [2.24, 2.45) is 0 Å². The van der Waals surface area contributed by atoms with Crippen LogP contribution >= 0.6 is 0 Å². The maximum atomic E-state index is 6.65. The summed E-state index contributed by atoms with van der Waals surface area (Å²) in [7, 11) is 0. The molecular formula is C46H31N5O. The lowest BCUT2D eigenvalue weighted by molar-refractivity contribution is 0.263. The number of ether oxygens (including phenoxy) is 1. The number of rotatable bonds is 6. The number of hydrogen-bond acceptors (Lipinski definition) is 5. The second kappa shape index (κ2) is 12.4. The highest BCUT2D eigenvalue weighted by Gasteiger charge is 2.28. The molecule has 0 bridgehead atoms. The van der Waals surface area contributed by atoms with E-state index in [9.17, 15) is 0 Å². The van der Waals surface area contributed by atoms with Gasteiger partial charge in [0.05, 0.1) is 22.1 Å². The van der Waals surface area contributed by atoms with Crippen molar-refractivity contribution in [3.63, 3.8) is 0 Å². The quantitative estimate of drug-likeness (QED) is 0.191. The van der Waals surface area contributed by atoms with E-state index in [1.54, 1.807) is 0 Å². The summed E-state index contributed by atoms with van der Waals surface area (Å²) in [4.78, 5) is 15.1. The highest BCUT2D eigenvalue weighted by atomic mass is 16.5. The Hall–Kier alpha value is -7.05.